The van der Waals surface area contributed by atoms with Crippen LogP contribution in [0.2, 0.25) is 0 Å². The number of methoxy groups -OCH3 is 1. The van der Waals surface area contributed by atoms with E-state index in [4.69, 9.17) is 19.9 Å². The summed E-state index contributed by atoms with van der Waals surface area (Å²) in [7, 11) is 3.99. The fraction of sp³-hybridized carbons (Fsp3) is 0.619. The van der Waals surface area contributed by atoms with Crippen LogP contribution < -0.4 is 10.6 Å². The number of para-hydroxylation sites is 1. The highest BCUT2D eigenvalue weighted by Crippen LogP contribution is 2.37. The van der Waals surface area contributed by atoms with Crippen molar-refractivity contribution in [2.75, 3.05) is 32.2 Å². The van der Waals surface area contributed by atoms with Gasteiger partial charge in [-0.15, -0.1) is 12.4 Å². The maximum Gasteiger partial charge on any atom is 0.298 e. The number of rotatable bonds is 7. The fourth-order valence-corrected chi connectivity index (χ4v) is 4.91. The van der Waals surface area contributed by atoms with Crippen molar-refractivity contribution in [1.82, 2.24) is 9.88 Å². The van der Waals surface area contributed by atoms with Gasteiger partial charge in [-0.25, -0.2) is 0 Å². The minimum absolute atomic E-state index is 0. The number of amides is 1. The molecule has 4 rings (SSSR count). The maximum atomic E-state index is 11.8. The Labute approximate surface area is 178 Å². The van der Waals surface area contributed by atoms with Crippen LogP contribution in [0.1, 0.15) is 48.9 Å². The van der Waals surface area contributed by atoms with Gasteiger partial charge < -0.3 is 24.7 Å². The Morgan fingerprint density at radius 3 is 2.72 bits per heavy atom. The van der Waals surface area contributed by atoms with Gasteiger partial charge in [0.2, 0.25) is 0 Å². The fourth-order valence-electron chi connectivity index (χ4n) is 4.91. The Morgan fingerprint density at radius 1 is 1.34 bits per heavy atom. The average molecular weight is 423 g/mol. The molecule has 1 aromatic carbocycles. The number of hydrogen-bond acceptors (Lipinski definition) is 6. The number of anilines is 1. The van der Waals surface area contributed by atoms with Gasteiger partial charge in [0.25, 0.3) is 11.9 Å². The van der Waals surface area contributed by atoms with E-state index in [1.54, 1.807) is 19.2 Å². The van der Waals surface area contributed by atoms with Crippen LogP contribution in [0, 0.1) is 0 Å². The lowest BCUT2D eigenvalue weighted by Gasteiger charge is -2.49. The Kier molecular flexibility index (Phi) is 7.03. The first-order chi connectivity index (χ1) is 13.6. The highest BCUT2D eigenvalue weighted by molar-refractivity contribution is 6.03. The largest absolute Gasteiger partial charge is 0.423 e. The van der Waals surface area contributed by atoms with Gasteiger partial charge >= 0.3 is 0 Å². The average Bonchev–Trinajstić information content (AvgIpc) is 3.09. The van der Waals surface area contributed by atoms with Crippen molar-refractivity contribution < 1.29 is 13.9 Å². The standard InChI is InChI=1S/C21H30N4O3.ClH/c1-24-14-6-3-7-15(24)13-16(12-14)25(10-5-11-27-2)21-23-19-17(20(22)26)8-4-9-18(19)28-21;/h4,8-9,14-16H,3,5-7,10-13H2,1-2H3,(H2,22,26);1H. The number of carbonyl (C=O) groups is 1. The molecule has 2 saturated heterocycles. The molecule has 2 unspecified atom stereocenters. The van der Waals surface area contributed by atoms with Gasteiger partial charge in [-0.3, -0.25) is 4.79 Å². The van der Waals surface area contributed by atoms with Gasteiger partial charge in [0, 0.05) is 38.4 Å². The highest BCUT2D eigenvalue weighted by Gasteiger charge is 2.39. The van der Waals surface area contributed by atoms with Gasteiger partial charge in [0.05, 0.1) is 5.56 Å². The molecular weight excluding hydrogens is 392 g/mol. The second-order valence-corrected chi connectivity index (χ2v) is 8.08. The molecule has 2 N–H and O–H groups in total. The summed E-state index contributed by atoms with van der Waals surface area (Å²) in [6, 6.07) is 7.54. The summed E-state index contributed by atoms with van der Waals surface area (Å²) < 4.78 is 11.4. The maximum absolute atomic E-state index is 11.8. The molecule has 7 nitrogen and oxygen atoms in total. The third-order valence-corrected chi connectivity index (χ3v) is 6.42. The summed E-state index contributed by atoms with van der Waals surface area (Å²) >= 11 is 0. The molecule has 29 heavy (non-hydrogen) atoms. The molecule has 3 heterocycles. The van der Waals surface area contributed by atoms with Crippen LogP contribution in [0.5, 0.6) is 0 Å². The SMILES string of the molecule is COCCCN(c1nc2c(C(N)=O)cccc2o1)C1CC2CCCC(C1)N2C.Cl. The number of aromatic nitrogens is 1. The number of oxazole rings is 1. The Morgan fingerprint density at radius 2 is 2.07 bits per heavy atom. The molecule has 2 fully saturated rings. The van der Waals surface area contributed by atoms with E-state index in [2.05, 4.69) is 16.8 Å². The molecule has 2 aromatic rings. The summed E-state index contributed by atoms with van der Waals surface area (Å²) in [5, 5.41) is 0. The first-order valence-corrected chi connectivity index (χ1v) is 10.3. The van der Waals surface area contributed by atoms with Crippen LogP contribution >= 0.6 is 12.4 Å². The topological polar surface area (TPSA) is 84.8 Å². The number of ether oxygens (including phenoxy) is 1. The van der Waals surface area contributed by atoms with E-state index in [-0.39, 0.29) is 12.4 Å². The third-order valence-electron chi connectivity index (χ3n) is 6.42. The van der Waals surface area contributed by atoms with Crippen LogP contribution in [0.3, 0.4) is 0 Å². The summed E-state index contributed by atoms with van der Waals surface area (Å²) in [5.41, 5.74) is 7.09. The Balaban J connectivity index is 0.00000240. The normalized spacial score (nSPS) is 24.3. The first kappa shape index (κ1) is 21.9. The number of hydrogen-bond donors (Lipinski definition) is 1. The minimum atomic E-state index is -0.481. The number of carbonyl (C=O) groups excluding carboxylic acids is 1. The van der Waals surface area contributed by atoms with Crippen molar-refractivity contribution in [3.05, 3.63) is 23.8 Å². The van der Waals surface area contributed by atoms with Crippen LogP contribution in [0.15, 0.2) is 22.6 Å². The molecule has 1 amide bonds. The van der Waals surface area contributed by atoms with Crippen molar-refractivity contribution in [3.8, 4) is 0 Å². The molecule has 2 aliphatic heterocycles. The molecule has 0 radical (unpaired) electrons. The quantitative estimate of drug-likeness (QED) is 0.689. The van der Waals surface area contributed by atoms with Gasteiger partial charge in [-0.05, 0) is 51.3 Å². The number of fused-ring (bicyclic) bond motifs is 3. The number of primary amides is 1. The lowest BCUT2D eigenvalue weighted by atomic mass is 9.81. The zero-order valence-corrected chi connectivity index (χ0v) is 18.0. The van der Waals surface area contributed by atoms with Crippen LogP contribution in [-0.2, 0) is 4.74 Å². The predicted octanol–water partition coefficient (Wildman–Crippen LogP) is 3.21. The Bertz CT molecular complexity index is 828. The smallest absolute Gasteiger partial charge is 0.298 e. The van der Waals surface area contributed by atoms with Crippen LogP contribution in [0.4, 0.5) is 6.01 Å². The van der Waals surface area contributed by atoms with Gasteiger partial charge in [-0.2, -0.15) is 4.98 Å². The van der Waals surface area contributed by atoms with E-state index in [9.17, 15) is 4.79 Å². The highest BCUT2D eigenvalue weighted by atomic mass is 35.5. The molecule has 160 valence electrons. The number of halogens is 1. The van der Waals surface area contributed by atoms with Crippen molar-refractivity contribution in [2.45, 2.75) is 56.7 Å². The first-order valence-electron chi connectivity index (χ1n) is 10.3. The summed E-state index contributed by atoms with van der Waals surface area (Å²) in [5.74, 6) is -0.481. The predicted molar refractivity (Wildman–Crippen MR) is 116 cm³/mol. The molecule has 0 spiro atoms. The van der Waals surface area contributed by atoms with E-state index in [1.165, 1.54) is 19.3 Å². The lowest BCUT2D eigenvalue weighted by Crippen LogP contribution is -2.55. The molecule has 1 aromatic heterocycles. The Hall–Kier alpha value is -1.83. The van der Waals surface area contributed by atoms with E-state index in [1.807, 2.05) is 6.07 Å². The van der Waals surface area contributed by atoms with Crippen molar-refractivity contribution in [1.29, 1.82) is 0 Å². The molecule has 2 atom stereocenters. The molecule has 0 aliphatic carbocycles. The molecule has 8 heteroatoms. The summed E-state index contributed by atoms with van der Waals surface area (Å²) in [6.45, 7) is 1.52. The number of piperidine rings is 2. The van der Waals surface area contributed by atoms with E-state index in [0.717, 1.165) is 25.8 Å². The van der Waals surface area contributed by atoms with E-state index < -0.39 is 5.91 Å². The molecule has 2 aliphatic rings. The second-order valence-electron chi connectivity index (χ2n) is 8.08. The molecular formula is C21H31ClN4O3. The van der Waals surface area contributed by atoms with Crippen LogP contribution in [0.25, 0.3) is 11.1 Å². The van der Waals surface area contributed by atoms with E-state index in [0.29, 0.717) is 47.4 Å². The zero-order chi connectivity index (χ0) is 19.7. The van der Waals surface area contributed by atoms with Crippen molar-refractivity contribution >= 4 is 35.4 Å². The minimum Gasteiger partial charge on any atom is -0.423 e. The number of nitrogens with two attached hydrogens (primary N) is 1. The number of benzene rings is 1. The zero-order valence-electron chi connectivity index (χ0n) is 17.2. The van der Waals surface area contributed by atoms with Gasteiger partial charge in [0.1, 0.15) is 5.52 Å². The van der Waals surface area contributed by atoms with Gasteiger partial charge in [0.15, 0.2) is 5.58 Å². The molecule has 2 bridgehead atoms. The van der Waals surface area contributed by atoms with E-state index >= 15 is 0 Å². The van der Waals surface area contributed by atoms with Gasteiger partial charge in [-0.1, -0.05) is 12.5 Å². The summed E-state index contributed by atoms with van der Waals surface area (Å²) in [4.78, 5) is 21.3. The second kappa shape index (κ2) is 9.32. The third kappa shape index (κ3) is 4.37. The lowest BCUT2D eigenvalue weighted by molar-refractivity contribution is 0.0537. The molecule has 0 saturated carbocycles. The van der Waals surface area contributed by atoms with Crippen molar-refractivity contribution in [2.24, 2.45) is 5.73 Å². The van der Waals surface area contributed by atoms with Crippen LogP contribution in [-0.4, -0.2) is 61.2 Å². The summed E-state index contributed by atoms with van der Waals surface area (Å²) in [6.07, 6.45) is 6.97. The number of nitrogens with zero attached hydrogens (tertiary/aromatic N) is 3. The monoisotopic (exact) mass is 422 g/mol. The van der Waals surface area contributed by atoms with Crippen molar-refractivity contribution in [3.63, 3.8) is 0 Å².